The molecule has 3 rings (SSSR count). The quantitative estimate of drug-likeness (QED) is 0.732. The summed E-state index contributed by atoms with van der Waals surface area (Å²) in [7, 11) is 2.03. The molecule has 104 valence electrons. The summed E-state index contributed by atoms with van der Waals surface area (Å²) in [5.74, 6) is 0.337. The minimum atomic E-state index is 0.115. The normalized spacial score (nSPS) is 12.2. The van der Waals surface area contributed by atoms with E-state index in [1.807, 2.05) is 7.05 Å². The number of aromatic nitrogens is 2. The number of anilines is 1. The van der Waals surface area contributed by atoms with Crippen molar-refractivity contribution in [3.8, 4) is 11.3 Å². The van der Waals surface area contributed by atoms with Crippen molar-refractivity contribution in [3.05, 3.63) is 36.0 Å². The molecule has 2 N–H and O–H groups in total. The van der Waals surface area contributed by atoms with Gasteiger partial charge < -0.3 is 14.8 Å². The first kappa shape index (κ1) is 12.8. The molecule has 0 aliphatic rings. The number of fused-ring (bicyclic) bond motifs is 1. The lowest BCUT2D eigenvalue weighted by Gasteiger charge is -2.19. The van der Waals surface area contributed by atoms with Crippen molar-refractivity contribution in [3.63, 3.8) is 0 Å². The Hall–Kier alpha value is -2.23. The predicted octanol–water partition coefficient (Wildman–Crippen LogP) is 3.71. The summed E-state index contributed by atoms with van der Waals surface area (Å²) in [5.41, 5.74) is 10.0. The summed E-state index contributed by atoms with van der Waals surface area (Å²) in [6.07, 6.45) is 2.06. The highest BCUT2D eigenvalue weighted by molar-refractivity contribution is 5.95. The van der Waals surface area contributed by atoms with Gasteiger partial charge in [0.2, 0.25) is 5.88 Å². The molecule has 0 aliphatic carbocycles. The molecule has 0 unspecified atom stereocenters. The average molecular weight is 269 g/mol. The standard InChI is InChI=1S/C16H19N3O/c1-16(2,3)10-5-6-14-11(7-10)12(9-19(14)4)13-8-15(17)20-18-13/h5-9H,17H2,1-4H3. The zero-order valence-corrected chi connectivity index (χ0v) is 12.3. The lowest BCUT2D eigenvalue weighted by molar-refractivity contribution is 0.439. The first-order chi connectivity index (χ1) is 9.36. The predicted molar refractivity (Wildman–Crippen MR) is 81.5 cm³/mol. The van der Waals surface area contributed by atoms with Crippen LogP contribution in [-0.4, -0.2) is 9.72 Å². The Morgan fingerprint density at radius 3 is 2.55 bits per heavy atom. The van der Waals surface area contributed by atoms with Crippen LogP contribution in [0, 0.1) is 0 Å². The average Bonchev–Trinajstić information content (AvgIpc) is 2.93. The van der Waals surface area contributed by atoms with Crippen molar-refractivity contribution in [2.24, 2.45) is 7.05 Å². The van der Waals surface area contributed by atoms with E-state index in [2.05, 4.69) is 54.9 Å². The van der Waals surface area contributed by atoms with Crippen LogP contribution < -0.4 is 5.73 Å². The topological polar surface area (TPSA) is 57.0 Å². The van der Waals surface area contributed by atoms with Crippen LogP contribution >= 0.6 is 0 Å². The van der Waals surface area contributed by atoms with Gasteiger partial charge in [-0.15, -0.1) is 0 Å². The SMILES string of the molecule is Cn1cc(-c2cc(N)on2)c2cc(C(C)(C)C)ccc21. The summed E-state index contributed by atoms with van der Waals surface area (Å²) < 4.78 is 7.09. The lowest BCUT2D eigenvalue weighted by Crippen LogP contribution is -2.10. The van der Waals surface area contributed by atoms with Crippen LogP contribution in [0.1, 0.15) is 26.3 Å². The lowest BCUT2D eigenvalue weighted by atomic mass is 9.86. The largest absolute Gasteiger partial charge is 0.368 e. The molecule has 4 heteroatoms. The number of aryl methyl sites for hydroxylation is 1. The molecule has 0 amide bonds. The second kappa shape index (κ2) is 4.13. The first-order valence-corrected chi connectivity index (χ1v) is 6.68. The molecular formula is C16H19N3O. The molecule has 0 radical (unpaired) electrons. The van der Waals surface area contributed by atoms with Gasteiger partial charge in [0.25, 0.3) is 0 Å². The van der Waals surface area contributed by atoms with Gasteiger partial charge in [0.1, 0.15) is 5.69 Å². The molecule has 0 aliphatic heterocycles. The Morgan fingerprint density at radius 2 is 1.95 bits per heavy atom. The van der Waals surface area contributed by atoms with Crippen LogP contribution in [0.25, 0.3) is 22.2 Å². The van der Waals surface area contributed by atoms with Gasteiger partial charge in [0.05, 0.1) is 0 Å². The van der Waals surface area contributed by atoms with Crippen LogP contribution in [0.2, 0.25) is 0 Å². The molecule has 4 nitrogen and oxygen atoms in total. The third-order valence-corrected chi connectivity index (χ3v) is 3.66. The van der Waals surface area contributed by atoms with Crippen molar-refractivity contribution in [2.75, 3.05) is 5.73 Å². The monoisotopic (exact) mass is 269 g/mol. The molecule has 0 saturated heterocycles. The number of hydrogen-bond acceptors (Lipinski definition) is 3. The third kappa shape index (κ3) is 1.97. The molecular weight excluding hydrogens is 250 g/mol. The van der Waals surface area contributed by atoms with E-state index in [0.717, 1.165) is 11.3 Å². The van der Waals surface area contributed by atoms with Crippen molar-refractivity contribution < 1.29 is 4.52 Å². The van der Waals surface area contributed by atoms with E-state index in [0.29, 0.717) is 5.88 Å². The molecule has 1 aromatic carbocycles. The highest BCUT2D eigenvalue weighted by atomic mass is 16.5. The van der Waals surface area contributed by atoms with E-state index in [-0.39, 0.29) is 5.41 Å². The summed E-state index contributed by atoms with van der Waals surface area (Å²) in [5, 5.41) is 5.20. The molecule has 0 bridgehead atoms. The summed E-state index contributed by atoms with van der Waals surface area (Å²) in [4.78, 5) is 0. The van der Waals surface area contributed by atoms with Crippen molar-refractivity contribution in [1.82, 2.24) is 9.72 Å². The molecule has 20 heavy (non-hydrogen) atoms. The second-order valence-corrected chi connectivity index (χ2v) is 6.25. The molecule has 0 atom stereocenters. The number of nitrogens with two attached hydrogens (primary N) is 1. The van der Waals surface area contributed by atoms with Crippen molar-refractivity contribution in [1.29, 1.82) is 0 Å². The number of nitrogens with zero attached hydrogens (tertiary/aromatic N) is 2. The highest BCUT2D eigenvalue weighted by Gasteiger charge is 2.17. The zero-order chi connectivity index (χ0) is 14.5. The summed E-state index contributed by atoms with van der Waals surface area (Å²) >= 11 is 0. The molecule has 0 spiro atoms. The van der Waals surface area contributed by atoms with Crippen LogP contribution in [0.3, 0.4) is 0 Å². The molecule has 2 aromatic heterocycles. The Balaban J connectivity index is 2.27. The van der Waals surface area contributed by atoms with E-state index < -0.39 is 0 Å². The molecule has 3 aromatic rings. The minimum Gasteiger partial charge on any atom is -0.368 e. The maximum Gasteiger partial charge on any atom is 0.222 e. The van der Waals surface area contributed by atoms with E-state index in [1.54, 1.807) is 6.07 Å². The van der Waals surface area contributed by atoms with E-state index in [4.69, 9.17) is 10.3 Å². The minimum absolute atomic E-state index is 0.115. The maximum absolute atomic E-state index is 5.63. The Bertz CT molecular complexity index is 775. The van der Waals surface area contributed by atoms with Gasteiger partial charge in [-0.1, -0.05) is 32.0 Å². The van der Waals surface area contributed by atoms with Gasteiger partial charge in [-0.05, 0) is 23.1 Å². The van der Waals surface area contributed by atoms with Crippen molar-refractivity contribution in [2.45, 2.75) is 26.2 Å². The Labute approximate surface area is 118 Å². The molecule has 0 saturated carbocycles. The molecule has 2 heterocycles. The summed E-state index contributed by atoms with van der Waals surface area (Å²) in [6.45, 7) is 6.64. The highest BCUT2D eigenvalue weighted by Crippen LogP contribution is 2.33. The summed E-state index contributed by atoms with van der Waals surface area (Å²) in [6, 6.07) is 8.33. The fraction of sp³-hybridized carbons (Fsp3) is 0.312. The van der Waals surface area contributed by atoms with Crippen molar-refractivity contribution >= 4 is 16.8 Å². The number of rotatable bonds is 1. The maximum atomic E-state index is 5.63. The van der Waals surface area contributed by atoms with Crippen LogP contribution in [-0.2, 0) is 12.5 Å². The van der Waals surface area contributed by atoms with Crippen LogP contribution in [0.5, 0.6) is 0 Å². The fourth-order valence-electron chi connectivity index (χ4n) is 2.48. The van der Waals surface area contributed by atoms with Gasteiger partial charge >= 0.3 is 0 Å². The number of benzene rings is 1. The Kier molecular flexibility index (Phi) is 2.64. The third-order valence-electron chi connectivity index (χ3n) is 3.66. The number of nitrogen functional groups attached to an aromatic ring is 1. The van der Waals surface area contributed by atoms with Gasteiger partial charge in [-0.3, -0.25) is 0 Å². The van der Waals surface area contributed by atoms with E-state index in [9.17, 15) is 0 Å². The smallest absolute Gasteiger partial charge is 0.222 e. The number of hydrogen-bond donors (Lipinski definition) is 1. The fourth-order valence-corrected chi connectivity index (χ4v) is 2.48. The zero-order valence-electron chi connectivity index (χ0n) is 12.3. The van der Waals surface area contributed by atoms with Gasteiger partial charge in [-0.25, -0.2) is 0 Å². The van der Waals surface area contributed by atoms with E-state index >= 15 is 0 Å². The first-order valence-electron chi connectivity index (χ1n) is 6.68. The Morgan fingerprint density at radius 1 is 1.20 bits per heavy atom. The van der Waals surface area contributed by atoms with Crippen LogP contribution in [0.4, 0.5) is 5.88 Å². The van der Waals surface area contributed by atoms with E-state index in [1.165, 1.54) is 16.5 Å². The second-order valence-electron chi connectivity index (χ2n) is 6.25. The van der Waals surface area contributed by atoms with Crippen LogP contribution in [0.15, 0.2) is 35.0 Å². The van der Waals surface area contributed by atoms with Gasteiger partial charge in [0, 0.05) is 35.8 Å². The van der Waals surface area contributed by atoms with Gasteiger partial charge in [-0.2, -0.15) is 0 Å². The molecule has 0 fully saturated rings. The van der Waals surface area contributed by atoms with Gasteiger partial charge in [0.15, 0.2) is 0 Å².